The molecule has 0 atom stereocenters. The fourth-order valence-corrected chi connectivity index (χ4v) is 3.85. The monoisotopic (exact) mass is 379 g/mol. The van der Waals surface area contributed by atoms with E-state index in [9.17, 15) is 13.2 Å². The molecule has 0 saturated carbocycles. The smallest absolute Gasteiger partial charge is 0.253 e. The van der Waals surface area contributed by atoms with Crippen molar-refractivity contribution >= 4 is 15.9 Å². The van der Waals surface area contributed by atoms with Gasteiger partial charge in [0.2, 0.25) is 10.0 Å². The van der Waals surface area contributed by atoms with Crippen molar-refractivity contribution in [2.24, 2.45) is 0 Å². The maximum atomic E-state index is 12.9. The molecular formula is C18H25N3O4S. The molecular weight excluding hydrogens is 354 g/mol. The molecule has 1 aromatic carbocycles. The van der Waals surface area contributed by atoms with Gasteiger partial charge in [-0.15, -0.1) is 0 Å². The molecule has 0 aliphatic carbocycles. The van der Waals surface area contributed by atoms with Crippen LogP contribution in [-0.4, -0.2) is 49.3 Å². The number of hydrogen-bond acceptors (Lipinski definition) is 5. The first-order valence-corrected chi connectivity index (χ1v) is 9.86. The normalized spacial score (nSPS) is 11.8. The Bertz CT molecular complexity index is 870. The van der Waals surface area contributed by atoms with Crippen molar-refractivity contribution in [2.45, 2.75) is 38.6 Å². The van der Waals surface area contributed by atoms with E-state index in [0.717, 1.165) is 12.0 Å². The van der Waals surface area contributed by atoms with E-state index in [4.69, 9.17) is 4.52 Å². The lowest BCUT2D eigenvalue weighted by atomic mass is 10.2. The number of sulfonamides is 1. The van der Waals surface area contributed by atoms with Gasteiger partial charge >= 0.3 is 0 Å². The van der Waals surface area contributed by atoms with Crippen LogP contribution in [0.3, 0.4) is 0 Å². The molecule has 2 rings (SSSR count). The quantitative estimate of drug-likeness (QED) is 0.738. The third-order valence-corrected chi connectivity index (χ3v) is 6.06. The molecule has 0 N–H and O–H groups in total. The number of carbonyl (C=O) groups is 1. The number of benzene rings is 1. The summed E-state index contributed by atoms with van der Waals surface area (Å²) in [6.07, 6.45) is 0.834. The molecule has 0 saturated heterocycles. The molecule has 0 unspecified atom stereocenters. The highest BCUT2D eigenvalue weighted by Crippen LogP contribution is 2.21. The second-order valence-corrected chi connectivity index (χ2v) is 8.36. The van der Waals surface area contributed by atoms with Crippen LogP contribution in [0.5, 0.6) is 0 Å². The molecule has 0 radical (unpaired) electrons. The van der Waals surface area contributed by atoms with Crippen molar-refractivity contribution in [3.8, 4) is 0 Å². The molecule has 1 aromatic heterocycles. The Morgan fingerprint density at radius 1 is 1.23 bits per heavy atom. The van der Waals surface area contributed by atoms with Crippen LogP contribution < -0.4 is 0 Å². The van der Waals surface area contributed by atoms with Crippen molar-refractivity contribution < 1.29 is 17.7 Å². The van der Waals surface area contributed by atoms with Crippen LogP contribution in [0.15, 0.2) is 33.7 Å². The fourth-order valence-electron chi connectivity index (χ4n) is 2.66. The van der Waals surface area contributed by atoms with Gasteiger partial charge in [-0.1, -0.05) is 18.1 Å². The lowest BCUT2D eigenvalue weighted by Gasteiger charge is -2.19. The number of rotatable bonds is 7. The first-order chi connectivity index (χ1) is 12.2. The van der Waals surface area contributed by atoms with Gasteiger partial charge < -0.3 is 9.42 Å². The molecule has 8 heteroatoms. The van der Waals surface area contributed by atoms with Gasteiger partial charge in [-0.3, -0.25) is 4.79 Å². The van der Waals surface area contributed by atoms with Crippen molar-refractivity contribution in [2.75, 3.05) is 20.6 Å². The number of hydrogen-bond donors (Lipinski definition) is 0. The zero-order valence-corrected chi connectivity index (χ0v) is 16.6. The van der Waals surface area contributed by atoms with E-state index in [1.54, 1.807) is 37.9 Å². The molecule has 7 nitrogen and oxygen atoms in total. The van der Waals surface area contributed by atoms with Gasteiger partial charge in [0, 0.05) is 38.3 Å². The summed E-state index contributed by atoms with van der Waals surface area (Å²) in [7, 11) is -0.546. The summed E-state index contributed by atoms with van der Waals surface area (Å²) in [5.41, 5.74) is 1.76. The maximum absolute atomic E-state index is 12.9. The average molecular weight is 379 g/mol. The van der Waals surface area contributed by atoms with E-state index < -0.39 is 10.0 Å². The van der Waals surface area contributed by atoms with Gasteiger partial charge in [-0.2, -0.15) is 4.31 Å². The fraction of sp³-hybridized carbons (Fsp3) is 0.444. The van der Waals surface area contributed by atoms with Crippen LogP contribution in [0.4, 0.5) is 0 Å². The van der Waals surface area contributed by atoms with Crippen molar-refractivity contribution in [3.63, 3.8) is 0 Å². The maximum Gasteiger partial charge on any atom is 0.253 e. The van der Waals surface area contributed by atoms with E-state index in [2.05, 4.69) is 5.16 Å². The highest BCUT2D eigenvalue weighted by atomic mass is 32.2. The van der Waals surface area contributed by atoms with Gasteiger partial charge in [-0.05, 0) is 38.5 Å². The first-order valence-electron chi connectivity index (χ1n) is 8.42. The van der Waals surface area contributed by atoms with Crippen LogP contribution in [0, 0.1) is 13.8 Å². The van der Waals surface area contributed by atoms with Crippen molar-refractivity contribution in [3.05, 3.63) is 46.8 Å². The largest absolute Gasteiger partial charge is 0.361 e. The van der Waals surface area contributed by atoms with Gasteiger partial charge in [0.15, 0.2) is 0 Å². The lowest BCUT2D eigenvalue weighted by molar-refractivity contribution is 0.0795. The van der Waals surface area contributed by atoms with Crippen LogP contribution in [0.2, 0.25) is 0 Å². The Morgan fingerprint density at radius 2 is 1.92 bits per heavy atom. The average Bonchev–Trinajstić information content (AvgIpc) is 2.93. The molecule has 142 valence electrons. The summed E-state index contributed by atoms with van der Waals surface area (Å²) >= 11 is 0. The van der Waals surface area contributed by atoms with E-state index >= 15 is 0 Å². The molecule has 1 amide bonds. The number of aromatic nitrogens is 1. The molecule has 0 fully saturated rings. The summed E-state index contributed by atoms with van der Waals surface area (Å²) in [6, 6.07) is 6.13. The van der Waals surface area contributed by atoms with E-state index in [1.165, 1.54) is 23.5 Å². The van der Waals surface area contributed by atoms with Crippen molar-refractivity contribution in [1.82, 2.24) is 14.4 Å². The Morgan fingerprint density at radius 3 is 2.50 bits per heavy atom. The summed E-state index contributed by atoms with van der Waals surface area (Å²) in [5.74, 6) is 0.395. The van der Waals surface area contributed by atoms with Gasteiger partial charge in [0.25, 0.3) is 5.91 Å². The summed E-state index contributed by atoms with van der Waals surface area (Å²) < 4.78 is 32.1. The highest BCUT2D eigenvalue weighted by molar-refractivity contribution is 7.89. The summed E-state index contributed by atoms with van der Waals surface area (Å²) in [5, 5.41) is 3.85. The Labute approximate surface area is 154 Å². The van der Waals surface area contributed by atoms with Crippen LogP contribution in [-0.2, 0) is 16.6 Å². The lowest BCUT2D eigenvalue weighted by Crippen LogP contribution is -2.29. The molecule has 0 spiro atoms. The van der Waals surface area contributed by atoms with Crippen LogP contribution in [0.25, 0.3) is 0 Å². The standard InChI is InChI=1S/C18H25N3O4S/c1-6-10-20(4)18(22)15-8-7-9-16(11-15)26(23,24)21(5)12-17-13(2)19-25-14(17)3/h7-9,11H,6,10,12H2,1-5H3. The zero-order chi connectivity index (χ0) is 19.5. The minimum Gasteiger partial charge on any atom is -0.361 e. The molecule has 1 heterocycles. The van der Waals surface area contributed by atoms with Crippen LogP contribution >= 0.6 is 0 Å². The predicted molar refractivity (Wildman–Crippen MR) is 98.3 cm³/mol. The highest BCUT2D eigenvalue weighted by Gasteiger charge is 2.24. The topological polar surface area (TPSA) is 83.7 Å². The van der Waals surface area contributed by atoms with E-state index in [1.807, 2.05) is 6.92 Å². The second kappa shape index (κ2) is 8.01. The molecule has 0 aliphatic heterocycles. The van der Waals surface area contributed by atoms with Gasteiger partial charge in [0.05, 0.1) is 10.6 Å². The number of nitrogens with zero attached hydrogens (tertiary/aromatic N) is 3. The molecule has 0 bridgehead atoms. The number of aryl methyl sites for hydroxylation is 2. The third kappa shape index (κ3) is 4.13. The number of carbonyl (C=O) groups excluding carboxylic acids is 1. The van der Waals surface area contributed by atoms with Gasteiger partial charge in [-0.25, -0.2) is 8.42 Å². The van der Waals surface area contributed by atoms with Gasteiger partial charge in [0.1, 0.15) is 5.76 Å². The van der Waals surface area contributed by atoms with Crippen molar-refractivity contribution in [1.29, 1.82) is 0 Å². The van der Waals surface area contributed by atoms with E-state index in [-0.39, 0.29) is 17.3 Å². The van der Waals surface area contributed by atoms with E-state index in [0.29, 0.717) is 23.6 Å². The first kappa shape index (κ1) is 20.1. The predicted octanol–water partition coefficient (Wildman–Crippen LogP) is 2.59. The summed E-state index contributed by atoms with van der Waals surface area (Å²) in [4.78, 5) is 14.1. The molecule has 0 aliphatic rings. The molecule has 26 heavy (non-hydrogen) atoms. The third-order valence-electron chi connectivity index (χ3n) is 4.26. The second-order valence-electron chi connectivity index (χ2n) is 6.32. The van der Waals surface area contributed by atoms with Crippen LogP contribution in [0.1, 0.15) is 40.7 Å². The Kier molecular flexibility index (Phi) is 6.20. The minimum absolute atomic E-state index is 0.0857. The SMILES string of the molecule is CCCN(C)C(=O)c1cccc(S(=O)(=O)N(C)Cc2c(C)noc2C)c1. The zero-order valence-electron chi connectivity index (χ0n) is 15.8. The minimum atomic E-state index is -3.75. The Hall–Kier alpha value is -2.19. The summed E-state index contributed by atoms with van der Waals surface area (Å²) in [6.45, 7) is 6.27. The Balaban J connectivity index is 2.28. The number of amides is 1. The molecule has 2 aromatic rings.